The largest absolute Gasteiger partial charge is 0.473 e. The van der Waals surface area contributed by atoms with E-state index in [9.17, 15) is 13.2 Å². The Kier molecular flexibility index (Phi) is 7.45. The summed E-state index contributed by atoms with van der Waals surface area (Å²) < 4.78 is 31.7. The second-order valence-corrected chi connectivity index (χ2v) is 8.74. The summed E-state index contributed by atoms with van der Waals surface area (Å²) in [6, 6.07) is 6.67. The van der Waals surface area contributed by atoms with E-state index in [-0.39, 0.29) is 12.3 Å². The summed E-state index contributed by atoms with van der Waals surface area (Å²) in [5.74, 6) is -3.39. The van der Waals surface area contributed by atoms with Gasteiger partial charge in [-0.15, -0.1) is 11.3 Å². The number of piperazine rings is 1. The van der Waals surface area contributed by atoms with Gasteiger partial charge in [-0.25, -0.2) is 18.0 Å². The second kappa shape index (κ2) is 9.59. The van der Waals surface area contributed by atoms with Gasteiger partial charge in [0.05, 0.1) is 12.8 Å². The molecule has 3 rings (SSSR count). The number of Topliss-reactive ketones (excluding diaryl/α,β-unsaturated/α-hetero) is 1. The van der Waals surface area contributed by atoms with Crippen LogP contribution in [0.3, 0.4) is 0 Å². The standard InChI is InChI=1S/C14H16N2O4S2.C2H2O4/c17-12(13-3-1-9-20-13)11-15-5-7-16(8-6-15)22(18,19)14-4-2-10-21-14;3-1(4)2(5)6/h1-4,9-10H,5-8,11H2;(H,3,4)(H,5,6). The van der Waals surface area contributed by atoms with Crippen LogP contribution in [0.1, 0.15) is 10.6 Å². The van der Waals surface area contributed by atoms with Crippen LogP contribution in [0, 0.1) is 0 Å². The van der Waals surface area contributed by atoms with Gasteiger partial charge < -0.3 is 14.6 Å². The van der Waals surface area contributed by atoms with Gasteiger partial charge in [-0.05, 0) is 23.6 Å². The van der Waals surface area contributed by atoms with E-state index in [0.29, 0.717) is 36.1 Å². The molecule has 28 heavy (non-hydrogen) atoms. The fraction of sp³-hybridized carbons (Fsp3) is 0.312. The van der Waals surface area contributed by atoms with Crippen LogP contribution >= 0.6 is 11.3 Å². The predicted molar refractivity (Wildman–Crippen MR) is 97.8 cm³/mol. The Morgan fingerprint density at radius 3 is 2.14 bits per heavy atom. The van der Waals surface area contributed by atoms with Crippen LogP contribution in [0.2, 0.25) is 0 Å². The highest BCUT2D eigenvalue weighted by Gasteiger charge is 2.29. The number of carbonyl (C=O) groups is 3. The van der Waals surface area contributed by atoms with E-state index in [1.165, 1.54) is 21.9 Å². The maximum Gasteiger partial charge on any atom is 0.414 e. The number of hydrogen-bond acceptors (Lipinski definition) is 8. The van der Waals surface area contributed by atoms with Crippen LogP contribution in [0.25, 0.3) is 0 Å². The average Bonchev–Trinajstić information content (AvgIpc) is 3.36. The summed E-state index contributed by atoms with van der Waals surface area (Å²) in [5.41, 5.74) is 0. The summed E-state index contributed by atoms with van der Waals surface area (Å²) in [6.45, 7) is 2.12. The van der Waals surface area contributed by atoms with Gasteiger partial charge in [0, 0.05) is 26.2 Å². The Balaban J connectivity index is 0.000000409. The number of hydrogen-bond donors (Lipinski definition) is 2. The minimum atomic E-state index is -3.39. The zero-order valence-electron chi connectivity index (χ0n) is 14.6. The van der Waals surface area contributed by atoms with Crippen molar-refractivity contribution in [3.8, 4) is 0 Å². The maximum atomic E-state index is 12.4. The number of carboxylic acid groups (broad SMARTS) is 2. The molecule has 1 saturated heterocycles. The van der Waals surface area contributed by atoms with E-state index in [0.717, 1.165) is 0 Å². The molecule has 0 unspecified atom stereocenters. The number of ketones is 1. The van der Waals surface area contributed by atoms with Gasteiger partial charge in [0.2, 0.25) is 5.78 Å². The molecule has 0 radical (unpaired) electrons. The van der Waals surface area contributed by atoms with Gasteiger partial charge in [0.25, 0.3) is 10.0 Å². The van der Waals surface area contributed by atoms with Crippen LogP contribution < -0.4 is 0 Å². The van der Waals surface area contributed by atoms with Crippen LogP contribution in [-0.2, 0) is 19.6 Å². The summed E-state index contributed by atoms with van der Waals surface area (Å²) in [6.07, 6.45) is 1.47. The third-order valence-corrected chi connectivity index (χ3v) is 7.04. The second-order valence-electron chi connectivity index (χ2n) is 5.62. The summed E-state index contributed by atoms with van der Waals surface area (Å²) in [4.78, 5) is 32.1. The minimum absolute atomic E-state index is 0.0837. The van der Waals surface area contributed by atoms with Crippen molar-refractivity contribution in [1.29, 1.82) is 0 Å². The molecule has 1 aliphatic rings. The fourth-order valence-electron chi connectivity index (χ4n) is 2.38. The van der Waals surface area contributed by atoms with Gasteiger partial charge >= 0.3 is 11.9 Å². The molecule has 2 aromatic rings. The highest BCUT2D eigenvalue weighted by Crippen LogP contribution is 2.22. The van der Waals surface area contributed by atoms with E-state index in [2.05, 4.69) is 0 Å². The van der Waals surface area contributed by atoms with E-state index >= 15 is 0 Å². The quantitative estimate of drug-likeness (QED) is 0.516. The van der Waals surface area contributed by atoms with Crippen LogP contribution in [0.5, 0.6) is 0 Å². The number of sulfonamides is 1. The molecule has 0 atom stereocenters. The van der Waals surface area contributed by atoms with Gasteiger partial charge in [-0.2, -0.15) is 4.31 Å². The number of aliphatic carboxylic acids is 2. The molecule has 1 aliphatic heterocycles. The van der Waals surface area contributed by atoms with Gasteiger partial charge in [0.15, 0.2) is 5.76 Å². The number of thiophene rings is 1. The molecule has 152 valence electrons. The first-order valence-corrected chi connectivity index (χ1v) is 10.3. The topological polar surface area (TPSA) is 145 Å². The van der Waals surface area contributed by atoms with Crippen molar-refractivity contribution >= 4 is 39.1 Å². The number of carboxylic acids is 2. The minimum Gasteiger partial charge on any atom is -0.473 e. The molecule has 0 amide bonds. The predicted octanol–water partition coefficient (Wildman–Crippen LogP) is 0.686. The van der Waals surface area contributed by atoms with Crippen molar-refractivity contribution in [3.63, 3.8) is 0 Å². The maximum absolute atomic E-state index is 12.4. The molecule has 0 spiro atoms. The Bertz CT molecular complexity index is 887. The van der Waals surface area contributed by atoms with Crippen molar-refractivity contribution in [1.82, 2.24) is 9.21 Å². The zero-order valence-corrected chi connectivity index (χ0v) is 16.2. The Morgan fingerprint density at radius 1 is 1.04 bits per heavy atom. The lowest BCUT2D eigenvalue weighted by atomic mass is 10.2. The molecule has 1 fully saturated rings. The summed E-state index contributed by atoms with van der Waals surface area (Å²) in [5, 5.41) is 16.5. The smallest absolute Gasteiger partial charge is 0.414 e. The van der Waals surface area contributed by atoms with Gasteiger partial charge in [-0.1, -0.05) is 6.07 Å². The highest BCUT2D eigenvalue weighted by molar-refractivity contribution is 7.91. The number of rotatable bonds is 5. The van der Waals surface area contributed by atoms with Crippen molar-refractivity contribution < 1.29 is 37.4 Å². The number of nitrogens with zero attached hydrogens (tertiary/aromatic N) is 2. The molecule has 2 N–H and O–H groups in total. The number of carbonyl (C=O) groups excluding carboxylic acids is 1. The lowest BCUT2D eigenvalue weighted by Crippen LogP contribution is -2.49. The summed E-state index contributed by atoms with van der Waals surface area (Å²) in [7, 11) is -3.39. The molecule has 0 aromatic carbocycles. The third-order valence-electron chi connectivity index (χ3n) is 3.77. The molecule has 10 nitrogen and oxygen atoms in total. The highest BCUT2D eigenvalue weighted by atomic mass is 32.2. The van der Waals surface area contributed by atoms with Crippen molar-refractivity contribution in [2.75, 3.05) is 32.7 Å². The lowest BCUT2D eigenvalue weighted by molar-refractivity contribution is -0.159. The molecule has 2 aromatic heterocycles. The molecule has 12 heteroatoms. The van der Waals surface area contributed by atoms with E-state index in [1.807, 2.05) is 4.90 Å². The Labute approximate surface area is 164 Å². The van der Waals surface area contributed by atoms with Gasteiger partial charge in [0.1, 0.15) is 4.21 Å². The SMILES string of the molecule is O=C(CN1CCN(S(=O)(=O)c2cccs2)CC1)c1ccco1.O=C(O)C(=O)O. The van der Waals surface area contributed by atoms with E-state index in [1.54, 1.807) is 29.6 Å². The normalized spacial score (nSPS) is 15.4. The molecule has 0 saturated carbocycles. The first-order valence-electron chi connectivity index (χ1n) is 8.00. The Hall–Kier alpha value is -2.54. The first kappa shape index (κ1) is 21.8. The molecular weight excluding hydrogens is 412 g/mol. The number of furan rings is 1. The molecule has 3 heterocycles. The van der Waals surface area contributed by atoms with Crippen molar-refractivity contribution in [2.24, 2.45) is 0 Å². The van der Waals surface area contributed by atoms with Crippen molar-refractivity contribution in [3.05, 3.63) is 41.7 Å². The molecule has 0 aliphatic carbocycles. The van der Waals surface area contributed by atoms with E-state index < -0.39 is 22.0 Å². The van der Waals surface area contributed by atoms with Gasteiger partial charge in [-0.3, -0.25) is 9.69 Å². The lowest BCUT2D eigenvalue weighted by Gasteiger charge is -2.33. The van der Waals surface area contributed by atoms with Crippen LogP contribution in [0.15, 0.2) is 44.5 Å². The fourth-order valence-corrected chi connectivity index (χ4v) is 4.95. The average molecular weight is 430 g/mol. The summed E-state index contributed by atoms with van der Waals surface area (Å²) >= 11 is 1.22. The first-order chi connectivity index (χ1) is 13.2. The zero-order chi connectivity index (χ0) is 20.7. The molecule has 0 bridgehead atoms. The molecular formula is C16H18N2O8S2. The van der Waals surface area contributed by atoms with Crippen LogP contribution in [0.4, 0.5) is 0 Å². The van der Waals surface area contributed by atoms with E-state index in [4.69, 9.17) is 24.2 Å². The third kappa shape index (κ3) is 5.73. The monoisotopic (exact) mass is 430 g/mol. The van der Waals surface area contributed by atoms with Crippen LogP contribution in [-0.4, -0.2) is 78.3 Å². The Morgan fingerprint density at radius 2 is 1.68 bits per heavy atom. The van der Waals surface area contributed by atoms with Crippen molar-refractivity contribution in [2.45, 2.75) is 4.21 Å².